The molecule has 268 valence electrons. The highest BCUT2D eigenvalue weighted by Crippen LogP contribution is 2.40. The number of ether oxygens (including phenoxy) is 2. The number of benzene rings is 1. The van der Waals surface area contributed by atoms with E-state index in [9.17, 15) is 33.5 Å². The minimum atomic E-state index is -1.95. The Morgan fingerprint density at radius 2 is 1.84 bits per heavy atom. The Labute approximate surface area is 289 Å². The molecule has 2 aliphatic heterocycles. The Kier molecular flexibility index (Phi) is 10.9. The first-order valence-electron chi connectivity index (χ1n) is 17.1. The molecule has 3 atom stereocenters. The van der Waals surface area contributed by atoms with Crippen LogP contribution in [0.4, 0.5) is 4.39 Å². The predicted molar refractivity (Wildman–Crippen MR) is 182 cm³/mol. The molecule has 2 amide bonds. The molecule has 0 aliphatic carbocycles. The van der Waals surface area contributed by atoms with Crippen molar-refractivity contribution >= 4 is 34.5 Å². The van der Waals surface area contributed by atoms with Gasteiger partial charge in [-0.15, -0.1) is 0 Å². The van der Waals surface area contributed by atoms with E-state index in [1.807, 2.05) is 0 Å². The maximum atomic E-state index is 14.8. The number of Topliss-reactive ketones (excluding diaryl/α,β-unsaturated/α-hetero) is 1. The molecule has 1 aromatic carbocycles. The summed E-state index contributed by atoms with van der Waals surface area (Å²) in [6.07, 6.45) is 1.91. The number of unbranched alkanes of at least 4 members (excludes halogenated alkanes) is 1. The maximum Gasteiger partial charge on any atom is 0.343 e. The van der Waals surface area contributed by atoms with Crippen LogP contribution < -0.4 is 16.2 Å². The average Bonchev–Trinajstić information content (AvgIpc) is 3.44. The van der Waals surface area contributed by atoms with Crippen LogP contribution in [-0.2, 0) is 53.8 Å². The van der Waals surface area contributed by atoms with Crippen molar-refractivity contribution in [3.63, 3.8) is 0 Å². The number of nitrogens with zero attached hydrogens (tertiary/aromatic N) is 2. The molecule has 0 unspecified atom stereocenters. The molecule has 2 aliphatic rings. The number of esters is 1. The first kappa shape index (κ1) is 36.8. The van der Waals surface area contributed by atoms with E-state index >= 15 is 0 Å². The lowest BCUT2D eigenvalue weighted by Crippen LogP contribution is -2.44. The van der Waals surface area contributed by atoms with Gasteiger partial charge in [0.25, 0.3) is 5.56 Å². The number of aromatic nitrogens is 2. The van der Waals surface area contributed by atoms with Crippen LogP contribution in [0.1, 0.15) is 88.1 Å². The normalized spacial score (nSPS) is 17.5. The van der Waals surface area contributed by atoms with Crippen LogP contribution in [0.15, 0.2) is 23.0 Å². The zero-order valence-corrected chi connectivity index (χ0v) is 29.4. The maximum absolute atomic E-state index is 14.8. The third-order valence-corrected chi connectivity index (χ3v) is 9.72. The van der Waals surface area contributed by atoms with Gasteiger partial charge in [-0.1, -0.05) is 27.7 Å². The lowest BCUT2D eigenvalue weighted by atomic mass is 9.86. The highest BCUT2D eigenvalue weighted by atomic mass is 19.1. The fourth-order valence-corrected chi connectivity index (χ4v) is 6.48. The number of ketones is 1. The number of pyridine rings is 2. The zero-order chi connectivity index (χ0) is 36.5. The summed E-state index contributed by atoms with van der Waals surface area (Å²) >= 11 is 0. The number of hydrogen-bond acceptors (Lipinski definition) is 9. The van der Waals surface area contributed by atoms with E-state index in [0.717, 1.165) is 16.5 Å². The van der Waals surface area contributed by atoms with Gasteiger partial charge in [0.1, 0.15) is 19.2 Å². The van der Waals surface area contributed by atoms with Gasteiger partial charge in [-0.2, -0.15) is 0 Å². The molecule has 0 saturated heterocycles. The number of cyclic esters (lactones) is 1. The van der Waals surface area contributed by atoms with E-state index in [0.29, 0.717) is 48.3 Å². The Morgan fingerprint density at radius 1 is 1.10 bits per heavy atom. The largest absolute Gasteiger partial charge is 0.458 e. The van der Waals surface area contributed by atoms with Gasteiger partial charge in [-0.3, -0.25) is 19.2 Å². The van der Waals surface area contributed by atoms with E-state index < -0.39 is 29.3 Å². The molecule has 5 rings (SSSR count). The highest BCUT2D eigenvalue weighted by Gasteiger charge is 2.45. The fraction of sp³-hybridized carbons (Fsp3) is 0.514. The van der Waals surface area contributed by atoms with Gasteiger partial charge < -0.3 is 29.8 Å². The molecule has 3 aromatic rings. The van der Waals surface area contributed by atoms with Crippen molar-refractivity contribution < 1.29 is 38.1 Å². The Morgan fingerprint density at radius 3 is 2.54 bits per heavy atom. The number of carbonyl (C=O) groups is 4. The SMILES string of the molecule is CC[C@@]1(O)C(=O)OCc2c1cc1n(c2=O)Cc2c-1nc1cc(F)c(C)cc1c2CCCCOCNC(=O)[C@H](C)CC(=O)[C@H](C)NC(=O)C(C)C. The number of carbonyl (C=O) groups excluding carboxylic acids is 4. The van der Waals surface area contributed by atoms with E-state index in [-0.39, 0.29) is 72.9 Å². The van der Waals surface area contributed by atoms with Gasteiger partial charge in [0, 0.05) is 47.4 Å². The summed E-state index contributed by atoms with van der Waals surface area (Å²) in [5, 5.41) is 17.3. The number of halogens is 1. The van der Waals surface area contributed by atoms with Gasteiger partial charge in [-0.05, 0) is 62.8 Å². The van der Waals surface area contributed by atoms with Crippen LogP contribution in [0.25, 0.3) is 22.3 Å². The molecule has 0 radical (unpaired) electrons. The lowest BCUT2D eigenvalue weighted by molar-refractivity contribution is -0.172. The second kappa shape index (κ2) is 14.8. The predicted octanol–water partition coefficient (Wildman–Crippen LogP) is 3.70. The average molecular weight is 693 g/mol. The second-order valence-corrected chi connectivity index (χ2v) is 13.6. The van der Waals surface area contributed by atoms with Gasteiger partial charge in [0.15, 0.2) is 11.4 Å². The zero-order valence-electron chi connectivity index (χ0n) is 29.4. The number of hydrogen-bond donors (Lipinski definition) is 3. The van der Waals surface area contributed by atoms with Crippen LogP contribution >= 0.6 is 0 Å². The molecule has 2 aromatic heterocycles. The molecule has 50 heavy (non-hydrogen) atoms. The molecule has 0 spiro atoms. The number of amides is 2. The molecule has 0 bridgehead atoms. The molecule has 0 saturated carbocycles. The van der Waals surface area contributed by atoms with Crippen molar-refractivity contribution in [1.82, 2.24) is 20.2 Å². The summed E-state index contributed by atoms with van der Waals surface area (Å²) in [6, 6.07) is 4.11. The van der Waals surface area contributed by atoms with E-state index in [1.54, 1.807) is 58.2 Å². The van der Waals surface area contributed by atoms with Crippen LogP contribution in [0.5, 0.6) is 0 Å². The van der Waals surface area contributed by atoms with Crippen molar-refractivity contribution in [1.29, 1.82) is 0 Å². The minimum absolute atomic E-state index is 0.0110. The molecular weight excluding hydrogens is 647 g/mol. The van der Waals surface area contributed by atoms with Crippen molar-refractivity contribution in [3.05, 3.63) is 62.2 Å². The number of aryl methyl sites for hydroxylation is 2. The number of fused-ring (bicyclic) bond motifs is 5. The summed E-state index contributed by atoms with van der Waals surface area (Å²) < 4.78 is 27.2. The molecule has 4 heterocycles. The van der Waals surface area contributed by atoms with Crippen molar-refractivity contribution in [3.8, 4) is 11.4 Å². The number of rotatable bonds is 14. The van der Waals surface area contributed by atoms with E-state index in [1.165, 1.54) is 6.07 Å². The smallest absolute Gasteiger partial charge is 0.343 e. The van der Waals surface area contributed by atoms with Crippen LogP contribution in [-0.4, -0.2) is 57.6 Å². The molecule has 0 fully saturated rings. The Balaban J connectivity index is 1.24. The summed E-state index contributed by atoms with van der Waals surface area (Å²) in [6.45, 7) is 10.4. The van der Waals surface area contributed by atoms with Crippen LogP contribution in [0.3, 0.4) is 0 Å². The van der Waals surface area contributed by atoms with Crippen molar-refractivity contribution in [2.24, 2.45) is 11.8 Å². The summed E-state index contributed by atoms with van der Waals surface area (Å²) in [7, 11) is 0. The standard InChI is InChI=1S/C37H45FN4O8/c1-7-37(48)27-14-30-32-25(16-42(30)35(46)26(27)17-50-36(37)47)23(24-12-20(4)28(38)15-29(24)41-32)10-8-9-11-49-18-39-34(45)21(5)13-31(43)22(6)40-33(44)19(2)3/h12,14-15,19,21-22,48H,7-11,13,16-18H2,1-6H3,(H,39,45)(H,40,44)/t21-,22+,37+/m1/s1. The third-order valence-electron chi connectivity index (χ3n) is 9.72. The van der Waals surface area contributed by atoms with E-state index in [2.05, 4.69) is 10.6 Å². The number of aliphatic hydroxyl groups is 1. The topological polar surface area (TPSA) is 166 Å². The van der Waals surface area contributed by atoms with Gasteiger partial charge >= 0.3 is 5.97 Å². The van der Waals surface area contributed by atoms with Crippen LogP contribution in [0, 0.1) is 24.6 Å². The first-order chi connectivity index (χ1) is 23.7. The van der Waals surface area contributed by atoms with Gasteiger partial charge in [0.2, 0.25) is 11.8 Å². The summed E-state index contributed by atoms with van der Waals surface area (Å²) in [5.41, 5.74) is 1.76. The van der Waals surface area contributed by atoms with E-state index in [4.69, 9.17) is 14.5 Å². The molecule has 12 nitrogen and oxygen atoms in total. The van der Waals surface area contributed by atoms with Crippen molar-refractivity contribution in [2.75, 3.05) is 13.3 Å². The Bertz CT molecular complexity index is 1920. The molecule has 3 N–H and O–H groups in total. The fourth-order valence-electron chi connectivity index (χ4n) is 6.48. The number of nitrogens with one attached hydrogen (secondary N) is 2. The van der Waals surface area contributed by atoms with Gasteiger partial charge in [-0.25, -0.2) is 14.2 Å². The molecule has 13 heteroatoms. The minimum Gasteiger partial charge on any atom is -0.458 e. The van der Waals surface area contributed by atoms with Crippen LogP contribution in [0.2, 0.25) is 0 Å². The first-order valence-corrected chi connectivity index (χ1v) is 17.1. The molecular formula is C37H45FN4O8. The Hall–Kier alpha value is -4.49. The lowest BCUT2D eigenvalue weighted by Gasteiger charge is -2.31. The third kappa shape index (κ3) is 7.06. The van der Waals surface area contributed by atoms with Gasteiger partial charge in [0.05, 0.1) is 35.1 Å². The summed E-state index contributed by atoms with van der Waals surface area (Å²) in [5.74, 6) is -2.82. The quantitative estimate of drug-likeness (QED) is 0.102. The summed E-state index contributed by atoms with van der Waals surface area (Å²) in [4.78, 5) is 67.9. The van der Waals surface area contributed by atoms with Crippen molar-refractivity contribution in [2.45, 2.75) is 98.4 Å². The monoisotopic (exact) mass is 692 g/mol. The second-order valence-electron chi connectivity index (χ2n) is 13.6. The highest BCUT2D eigenvalue weighted by molar-refractivity contribution is 5.92.